The molecule has 0 spiro atoms. The molecule has 0 atom stereocenters. The maximum absolute atomic E-state index is 11.7. The lowest BCUT2D eigenvalue weighted by Crippen LogP contribution is -2.41. The van der Waals surface area contributed by atoms with Gasteiger partial charge in [0, 0.05) is 20.1 Å². The van der Waals surface area contributed by atoms with Crippen molar-refractivity contribution in [2.24, 2.45) is 10.4 Å². The summed E-state index contributed by atoms with van der Waals surface area (Å²) in [6, 6.07) is 6.82. The number of nitrogens with zero attached hydrogens (tertiary/aromatic N) is 1. The Kier molecular flexibility index (Phi) is 9.08. The van der Waals surface area contributed by atoms with Gasteiger partial charge in [0.2, 0.25) is 10.0 Å². The van der Waals surface area contributed by atoms with Crippen molar-refractivity contribution < 1.29 is 8.42 Å². The van der Waals surface area contributed by atoms with E-state index in [-0.39, 0.29) is 10.3 Å². The summed E-state index contributed by atoms with van der Waals surface area (Å²) < 4.78 is 25.8. The number of aliphatic imine (C=N–C) groups is 1. The minimum absolute atomic E-state index is 0.218. The van der Waals surface area contributed by atoms with E-state index >= 15 is 0 Å². The number of guanidine groups is 1. The predicted molar refractivity (Wildman–Crippen MR) is 109 cm³/mol. The largest absolute Gasteiger partial charge is 0.356 e. The van der Waals surface area contributed by atoms with E-state index in [1.807, 2.05) is 0 Å². The zero-order valence-corrected chi connectivity index (χ0v) is 17.5. The fourth-order valence-corrected chi connectivity index (χ4v) is 3.31. The summed E-state index contributed by atoms with van der Waals surface area (Å²) in [7, 11) is -0.233. The van der Waals surface area contributed by atoms with Gasteiger partial charge in [-0.1, -0.05) is 52.2 Å². The second-order valence-corrected chi connectivity index (χ2v) is 9.14. The van der Waals surface area contributed by atoms with E-state index < -0.39 is 10.0 Å². The van der Waals surface area contributed by atoms with Gasteiger partial charge in [-0.3, -0.25) is 4.99 Å². The molecule has 0 aliphatic carbocycles. The average Bonchev–Trinajstić information content (AvgIpc) is 2.62. The van der Waals surface area contributed by atoms with Crippen LogP contribution in [0.5, 0.6) is 0 Å². The maximum atomic E-state index is 11.7. The molecule has 0 unspecified atom stereocenters. The van der Waals surface area contributed by atoms with E-state index in [2.05, 4.69) is 41.1 Å². The molecule has 1 aromatic carbocycles. The summed E-state index contributed by atoms with van der Waals surface area (Å²) in [6.07, 6.45) is 4.95. The highest BCUT2D eigenvalue weighted by molar-refractivity contribution is 7.89. The summed E-state index contributed by atoms with van der Waals surface area (Å²) in [5.41, 5.74) is 1.21. The predicted octanol–water partition coefficient (Wildman–Crippen LogP) is 2.87. The van der Waals surface area contributed by atoms with Crippen LogP contribution in [-0.4, -0.2) is 35.0 Å². The molecule has 0 aliphatic rings. The zero-order valence-electron chi connectivity index (χ0n) is 16.7. The van der Waals surface area contributed by atoms with E-state index in [0.717, 1.165) is 18.1 Å². The topological polar surface area (TPSA) is 82.6 Å². The normalized spacial score (nSPS) is 12.9. The van der Waals surface area contributed by atoms with Gasteiger partial charge in [-0.25, -0.2) is 13.1 Å². The van der Waals surface area contributed by atoms with Gasteiger partial charge in [-0.05, 0) is 36.6 Å². The van der Waals surface area contributed by atoms with Crippen LogP contribution in [0.25, 0.3) is 0 Å². The molecule has 0 saturated heterocycles. The summed E-state index contributed by atoms with van der Waals surface area (Å²) in [5.74, 6) is 0.750. The number of rotatable bonds is 10. The summed E-state index contributed by atoms with van der Waals surface area (Å²) in [5, 5.41) is 6.66. The Hall–Kier alpha value is -1.60. The highest BCUT2D eigenvalue weighted by Gasteiger charge is 2.17. The van der Waals surface area contributed by atoms with Gasteiger partial charge in [0.05, 0.1) is 4.90 Å². The Balaban J connectivity index is 2.52. The molecule has 3 N–H and O–H groups in total. The van der Waals surface area contributed by atoms with Crippen LogP contribution in [0.2, 0.25) is 0 Å². The Labute approximate surface area is 158 Å². The standard InChI is InChI=1S/C19H34N4O2S/c1-6-7-8-13-19(2,3)15-23-18(20-4)22-14-16-9-11-17(12-10-16)26(24,25)21-5/h9-12,21H,6-8,13-15H2,1-5H3,(H2,20,22,23). The fourth-order valence-electron chi connectivity index (χ4n) is 2.58. The van der Waals surface area contributed by atoms with Crippen LogP contribution in [0, 0.1) is 5.41 Å². The van der Waals surface area contributed by atoms with Crippen molar-refractivity contribution in [3.8, 4) is 0 Å². The highest BCUT2D eigenvalue weighted by atomic mass is 32.2. The Morgan fingerprint density at radius 3 is 2.31 bits per heavy atom. The Morgan fingerprint density at radius 2 is 1.77 bits per heavy atom. The Morgan fingerprint density at radius 1 is 1.12 bits per heavy atom. The van der Waals surface area contributed by atoms with E-state index in [4.69, 9.17) is 0 Å². The van der Waals surface area contributed by atoms with Crippen LogP contribution in [-0.2, 0) is 16.6 Å². The molecule has 148 valence electrons. The first-order valence-corrected chi connectivity index (χ1v) is 10.7. The van der Waals surface area contributed by atoms with Gasteiger partial charge in [-0.2, -0.15) is 0 Å². The molecule has 0 bridgehead atoms. The van der Waals surface area contributed by atoms with Gasteiger partial charge in [0.1, 0.15) is 0 Å². The third-order valence-corrected chi connectivity index (χ3v) is 5.81. The molecule has 1 rings (SSSR count). The second-order valence-electron chi connectivity index (χ2n) is 7.25. The summed E-state index contributed by atoms with van der Waals surface area (Å²) >= 11 is 0. The van der Waals surface area contributed by atoms with Crippen LogP contribution in [0.1, 0.15) is 52.0 Å². The number of sulfonamides is 1. The van der Waals surface area contributed by atoms with Crippen molar-refractivity contribution >= 4 is 16.0 Å². The van der Waals surface area contributed by atoms with Gasteiger partial charge in [0.25, 0.3) is 0 Å². The van der Waals surface area contributed by atoms with Crippen molar-refractivity contribution in [3.05, 3.63) is 29.8 Å². The smallest absolute Gasteiger partial charge is 0.240 e. The molecule has 0 amide bonds. The second kappa shape index (κ2) is 10.5. The van der Waals surface area contributed by atoms with Crippen molar-refractivity contribution in [3.63, 3.8) is 0 Å². The van der Waals surface area contributed by atoms with Crippen LogP contribution in [0.3, 0.4) is 0 Å². The molecular formula is C19H34N4O2S. The van der Waals surface area contributed by atoms with Gasteiger partial charge in [-0.15, -0.1) is 0 Å². The summed E-state index contributed by atoms with van der Waals surface area (Å²) in [4.78, 5) is 4.53. The molecule has 0 saturated carbocycles. The first-order valence-electron chi connectivity index (χ1n) is 9.21. The molecule has 0 aliphatic heterocycles. The number of hydrogen-bond acceptors (Lipinski definition) is 3. The van der Waals surface area contributed by atoms with Crippen molar-refractivity contribution in [2.75, 3.05) is 20.6 Å². The van der Waals surface area contributed by atoms with Gasteiger partial charge in [0.15, 0.2) is 5.96 Å². The van der Waals surface area contributed by atoms with Crippen LogP contribution in [0.4, 0.5) is 0 Å². The quantitative estimate of drug-likeness (QED) is 0.330. The number of nitrogens with one attached hydrogen (secondary N) is 3. The van der Waals surface area contributed by atoms with Crippen molar-refractivity contribution in [1.29, 1.82) is 0 Å². The average molecular weight is 383 g/mol. The molecule has 26 heavy (non-hydrogen) atoms. The molecule has 0 aromatic heterocycles. The molecule has 7 heteroatoms. The Bertz CT molecular complexity index is 667. The number of unbranched alkanes of at least 4 members (excludes halogenated alkanes) is 2. The SMILES string of the molecule is CCCCCC(C)(C)CNC(=NC)NCc1ccc(S(=O)(=O)NC)cc1. The number of hydrogen-bond donors (Lipinski definition) is 3. The van der Waals surface area contributed by atoms with Crippen molar-refractivity contribution in [2.45, 2.75) is 57.9 Å². The van der Waals surface area contributed by atoms with Crippen LogP contribution in [0.15, 0.2) is 34.2 Å². The van der Waals surface area contributed by atoms with Crippen LogP contribution >= 0.6 is 0 Å². The maximum Gasteiger partial charge on any atom is 0.240 e. The lowest BCUT2D eigenvalue weighted by molar-refractivity contribution is 0.318. The molecule has 6 nitrogen and oxygen atoms in total. The fraction of sp³-hybridized carbons (Fsp3) is 0.632. The molecule has 0 heterocycles. The number of benzene rings is 1. The third kappa shape index (κ3) is 7.74. The monoisotopic (exact) mass is 382 g/mol. The van der Waals surface area contributed by atoms with E-state index in [0.29, 0.717) is 6.54 Å². The van der Waals surface area contributed by atoms with Gasteiger partial charge >= 0.3 is 0 Å². The molecule has 1 aromatic rings. The van der Waals surface area contributed by atoms with E-state index in [1.165, 1.54) is 32.7 Å². The third-order valence-electron chi connectivity index (χ3n) is 4.38. The first kappa shape index (κ1) is 22.4. The van der Waals surface area contributed by atoms with E-state index in [9.17, 15) is 8.42 Å². The first-order chi connectivity index (χ1) is 12.2. The lowest BCUT2D eigenvalue weighted by atomic mass is 9.87. The molecule has 0 fully saturated rings. The minimum Gasteiger partial charge on any atom is -0.356 e. The zero-order chi connectivity index (χ0) is 19.6. The van der Waals surface area contributed by atoms with Crippen LogP contribution < -0.4 is 15.4 Å². The molecule has 0 radical (unpaired) electrons. The van der Waals surface area contributed by atoms with E-state index in [1.54, 1.807) is 31.3 Å². The minimum atomic E-state index is -3.39. The van der Waals surface area contributed by atoms with Gasteiger partial charge < -0.3 is 10.6 Å². The summed E-state index contributed by atoms with van der Waals surface area (Å²) in [6.45, 7) is 8.19. The van der Waals surface area contributed by atoms with Crippen molar-refractivity contribution in [1.82, 2.24) is 15.4 Å². The molecular weight excluding hydrogens is 348 g/mol. The lowest BCUT2D eigenvalue weighted by Gasteiger charge is -2.26. The highest BCUT2D eigenvalue weighted by Crippen LogP contribution is 2.22.